The number of hydrogen-bond donors (Lipinski definition) is 6. The maximum Gasteiger partial charge on any atom is 0.188 e. The molecule has 10 nitrogen and oxygen atoms in total. The van der Waals surface area contributed by atoms with Crippen LogP contribution >= 0.6 is 0 Å². The Morgan fingerprint density at radius 2 is 1.38 bits per heavy atom. The van der Waals surface area contributed by atoms with Crippen molar-refractivity contribution in [3.63, 3.8) is 0 Å². The highest BCUT2D eigenvalue weighted by Gasteiger charge is 2.14. The third kappa shape index (κ3) is 9.76. The van der Waals surface area contributed by atoms with E-state index in [9.17, 15) is 10.2 Å². The van der Waals surface area contributed by atoms with Crippen molar-refractivity contribution >= 4 is 28.2 Å². The van der Waals surface area contributed by atoms with Gasteiger partial charge in [0.25, 0.3) is 0 Å². The molecule has 0 amide bonds. The number of fused-ring (bicyclic) bond motifs is 2. The van der Waals surface area contributed by atoms with Gasteiger partial charge >= 0.3 is 0 Å². The monoisotopic (exact) mass is 644 g/mol. The fourth-order valence-electron chi connectivity index (χ4n) is 4.84. The Labute approximate surface area is 279 Å². The minimum atomic E-state index is 0. The van der Waals surface area contributed by atoms with E-state index in [1.165, 1.54) is 5.56 Å². The van der Waals surface area contributed by atoms with E-state index >= 15 is 0 Å². The average molecular weight is 645 g/mol. The van der Waals surface area contributed by atoms with Crippen molar-refractivity contribution in [3.05, 3.63) is 82.2 Å². The minimum absolute atomic E-state index is 0. The number of phenolic OH excluding ortho intramolecular Hbond substituents is 2. The van der Waals surface area contributed by atoms with E-state index in [0.717, 1.165) is 87.8 Å². The fourth-order valence-corrected chi connectivity index (χ4v) is 4.84. The molecule has 0 saturated heterocycles. The van der Waals surface area contributed by atoms with Crippen LogP contribution in [0.25, 0.3) is 22.6 Å². The maximum atomic E-state index is 9.40. The zero-order valence-electron chi connectivity index (χ0n) is 28.2. The van der Waals surface area contributed by atoms with Gasteiger partial charge in [-0.25, -0.2) is 4.98 Å². The predicted octanol–water partition coefficient (Wildman–Crippen LogP) is 8.06. The molecule has 0 unspecified atom stereocenters. The summed E-state index contributed by atoms with van der Waals surface area (Å²) in [6.07, 6.45) is 0. The highest BCUT2D eigenvalue weighted by atomic mass is 16.6. The molecule has 0 atom stereocenters. The van der Waals surface area contributed by atoms with Gasteiger partial charge in [0.15, 0.2) is 22.8 Å². The summed E-state index contributed by atoms with van der Waals surface area (Å²) < 4.78 is 6.14. The van der Waals surface area contributed by atoms with E-state index in [0.29, 0.717) is 11.5 Å². The van der Waals surface area contributed by atoms with Crippen LogP contribution in [-0.2, 0) is 0 Å². The summed E-state index contributed by atoms with van der Waals surface area (Å²) >= 11 is 0. The van der Waals surface area contributed by atoms with Gasteiger partial charge in [0.05, 0.1) is 5.36 Å². The number of aryl methyl sites for hydroxylation is 2. The molecule has 0 fully saturated rings. The van der Waals surface area contributed by atoms with E-state index in [4.69, 9.17) is 15.3 Å². The number of phenols is 2. The molecular weight excluding hydrogens is 592 g/mol. The lowest BCUT2D eigenvalue weighted by Gasteiger charge is -2.12. The van der Waals surface area contributed by atoms with Crippen molar-refractivity contribution in [2.75, 3.05) is 42.1 Å². The number of aromatic nitrogens is 1. The van der Waals surface area contributed by atoms with Gasteiger partial charge < -0.3 is 35.4 Å². The zero-order chi connectivity index (χ0) is 33.8. The van der Waals surface area contributed by atoms with Crippen LogP contribution < -0.4 is 32.0 Å². The van der Waals surface area contributed by atoms with E-state index in [2.05, 4.69) is 45.7 Å². The molecule has 0 radical (unpaired) electrons. The number of rotatable bonds is 8. The lowest BCUT2D eigenvalue weighted by molar-refractivity contribution is 0.312. The third-order valence-electron chi connectivity index (χ3n) is 7.28. The Morgan fingerprint density at radius 1 is 0.766 bits per heavy atom. The van der Waals surface area contributed by atoms with Gasteiger partial charge in [-0.3, -0.25) is 4.99 Å². The minimum Gasteiger partial charge on any atom is -0.508 e. The van der Waals surface area contributed by atoms with Gasteiger partial charge in [0.1, 0.15) is 17.0 Å². The summed E-state index contributed by atoms with van der Waals surface area (Å²) in [6, 6.07) is 16.9. The van der Waals surface area contributed by atoms with Gasteiger partial charge in [-0.05, 0) is 103 Å². The zero-order valence-corrected chi connectivity index (χ0v) is 28.2. The van der Waals surface area contributed by atoms with Crippen LogP contribution in [0.1, 0.15) is 57.4 Å². The molecule has 0 aromatic heterocycles. The Bertz CT molecular complexity index is 1780. The van der Waals surface area contributed by atoms with Crippen LogP contribution in [0.15, 0.2) is 64.0 Å². The second-order valence-electron chi connectivity index (χ2n) is 10.7. The van der Waals surface area contributed by atoms with E-state index in [1.54, 1.807) is 18.2 Å². The molecule has 47 heavy (non-hydrogen) atoms. The quantitative estimate of drug-likeness (QED) is 0.0728. The normalized spacial score (nSPS) is 10.7. The highest BCUT2D eigenvalue weighted by Crippen LogP contribution is 2.32. The first-order valence-corrected chi connectivity index (χ1v) is 15.6. The van der Waals surface area contributed by atoms with Crippen molar-refractivity contribution < 1.29 is 19.5 Å². The fraction of sp³-hybridized carbons (Fsp3) is 0.351. The molecule has 2 aliphatic rings. The first-order chi connectivity index (χ1) is 22.1. The average Bonchev–Trinajstić information content (AvgIpc) is 3.03. The number of aromatic hydroxyl groups is 2. The van der Waals surface area contributed by atoms with E-state index < -0.39 is 0 Å². The molecule has 0 bridgehead atoms. The number of anilines is 3. The van der Waals surface area contributed by atoms with Crippen LogP contribution in [0.2, 0.25) is 0 Å². The molecule has 3 aromatic carbocycles. The van der Waals surface area contributed by atoms with Gasteiger partial charge in [-0.15, -0.1) is 0 Å². The van der Waals surface area contributed by atoms with E-state index in [-0.39, 0.29) is 13.2 Å². The number of nitrogens with two attached hydrogens (primary N) is 1. The molecule has 3 aromatic rings. The van der Waals surface area contributed by atoms with Crippen LogP contribution in [0.5, 0.6) is 17.2 Å². The Kier molecular flexibility index (Phi) is 14.8. The molecule has 5 rings (SSSR count). The Hall–Kier alpha value is -4.96. The molecule has 254 valence electrons. The smallest absolute Gasteiger partial charge is 0.188 e. The molecule has 10 heteroatoms. The largest absolute Gasteiger partial charge is 0.508 e. The third-order valence-corrected chi connectivity index (χ3v) is 7.28. The molecular formula is C37H52N6O4. The number of nitrogens with one attached hydrogen (secondary N) is 3. The van der Waals surface area contributed by atoms with Crippen molar-refractivity contribution in [3.8, 4) is 28.7 Å². The number of hydrogen-bond acceptors (Lipinski definition) is 10. The van der Waals surface area contributed by atoms with Gasteiger partial charge in [-0.1, -0.05) is 13.5 Å². The molecule has 0 spiro atoms. The summed E-state index contributed by atoms with van der Waals surface area (Å²) in [5.74, 6) is 6.46. The molecule has 1 heterocycles. The molecule has 7 N–H and O–H groups in total. The molecule has 1 aliphatic heterocycles. The second kappa shape index (κ2) is 18.3. The topological polar surface area (TPSA) is 150 Å². The summed E-state index contributed by atoms with van der Waals surface area (Å²) in [6.45, 7) is 19.4. The summed E-state index contributed by atoms with van der Waals surface area (Å²) in [4.78, 5) is 13.7. The molecule has 0 saturated carbocycles. The summed E-state index contributed by atoms with van der Waals surface area (Å²) in [5.41, 5.74) is 9.65. The molecule has 1 aliphatic carbocycles. The predicted molar refractivity (Wildman–Crippen MR) is 196 cm³/mol. The SMILES string of the molecule is C.CCN=c1ccc2nc3cc(C)c(NCC)cc3oc-2c1C.CCNc1cc(O)c(ON)cc1C.CCNc1cccc(O)c1C. The maximum absolute atomic E-state index is 9.40. The standard InChI is InChI=1S/C18H21N3O.C9H14N2O2.C9H13NO.CH4/c1-5-19-13-7-8-14-18(12(13)4)22-17-10-15(20-6-2)11(3)9-16(17)21-14;1-3-11-7-5-8(12)9(13-10)4-6(7)2;1-3-10-8-5-4-6-9(11)7(8)2;/h7-10,20H,5-6H2,1-4H3;4-5,11-12H,3,10H2,1-2H3;4-6,10-11H,3H2,1-2H3;1H4. The van der Waals surface area contributed by atoms with Gasteiger partial charge in [-0.2, -0.15) is 5.90 Å². The Balaban J connectivity index is 0.000000264. The number of nitrogens with zero attached hydrogens (tertiary/aromatic N) is 2. The van der Waals surface area contributed by atoms with Crippen molar-refractivity contribution in [1.82, 2.24) is 4.98 Å². The lowest BCUT2D eigenvalue weighted by atomic mass is 10.1. The van der Waals surface area contributed by atoms with Crippen LogP contribution in [0.4, 0.5) is 17.1 Å². The van der Waals surface area contributed by atoms with Crippen molar-refractivity contribution in [2.24, 2.45) is 10.9 Å². The first-order valence-electron chi connectivity index (χ1n) is 15.6. The van der Waals surface area contributed by atoms with Crippen molar-refractivity contribution in [1.29, 1.82) is 0 Å². The van der Waals surface area contributed by atoms with Crippen molar-refractivity contribution in [2.45, 2.75) is 62.8 Å². The highest BCUT2D eigenvalue weighted by molar-refractivity contribution is 5.82. The van der Waals surface area contributed by atoms with Gasteiger partial charge in [0.2, 0.25) is 0 Å². The Morgan fingerprint density at radius 3 is 2.00 bits per heavy atom. The van der Waals surface area contributed by atoms with E-state index in [1.807, 2.05) is 71.9 Å². The summed E-state index contributed by atoms with van der Waals surface area (Å²) in [7, 11) is 0. The van der Waals surface area contributed by atoms with Crippen LogP contribution in [0, 0.1) is 27.7 Å². The second-order valence-corrected chi connectivity index (χ2v) is 10.7. The number of benzene rings is 4. The first kappa shape index (κ1) is 38.2. The van der Waals surface area contributed by atoms with Crippen LogP contribution in [0.3, 0.4) is 0 Å². The van der Waals surface area contributed by atoms with Gasteiger partial charge in [0, 0.05) is 66.5 Å². The van der Waals surface area contributed by atoms with Crippen LogP contribution in [-0.4, -0.2) is 41.4 Å². The summed E-state index contributed by atoms with van der Waals surface area (Å²) in [5, 5.41) is 29.3. The lowest BCUT2D eigenvalue weighted by Crippen LogP contribution is -2.09.